The van der Waals surface area contributed by atoms with Gasteiger partial charge >= 0.3 is 0 Å². The number of sulfonamides is 1. The first-order valence-electron chi connectivity index (χ1n) is 5.59. The first-order chi connectivity index (χ1) is 6.62. The summed E-state index contributed by atoms with van der Waals surface area (Å²) in [5.74, 6) is 2.40. The van der Waals surface area contributed by atoms with E-state index in [0.29, 0.717) is 18.2 Å². The Hall–Kier alpha value is -0.0900. The third-order valence-electron chi connectivity index (χ3n) is 3.73. The summed E-state index contributed by atoms with van der Waals surface area (Å²) in [7, 11) is -2.98. The summed E-state index contributed by atoms with van der Waals surface area (Å²) < 4.78 is 25.6. The summed E-state index contributed by atoms with van der Waals surface area (Å²) in [6.45, 7) is 2.35. The minimum atomic E-state index is -2.98. The highest BCUT2D eigenvalue weighted by molar-refractivity contribution is 7.89. The second-order valence-corrected chi connectivity index (χ2v) is 6.48. The molecule has 3 unspecified atom stereocenters. The van der Waals surface area contributed by atoms with Crippen LogP contribution in [0.2, 0.25) is 0 Å². The highest BCUT2D eigenvalue weighted by Crippen LogP contribution is 2.51. The molecule has 0 aromatic heterocycles. The largest absolute Gasteiger partial charge is 0.216 e. The molecule has 82 valence electrons. The van der Waals surface area contributed by atoms with Crippen LogP contribution in [0.1, 0.15) is 32.6 Å². The van der Waals surface area contributed by atoms with Gasteiger partial charge in [0.1, 0.15) is 0 Å². The molecule has 2 rings (SSSR count). The quantitative estimate of drug-likeness (QED) is 0.773. The van der Waals surface area contributed by atoms with Gasteiger partial charge in [0.25, 0.3) is 0 Å². The van der Waals surface area contributed by atoms with Gasteiger partial charge in [0.05, 0.1) is 5.75 Å². The van der Waals surface area contributed by atoms with E-state index in [4.69, 9.17) is 0 Å². The van der Waals surface area contributed by atoms with E-state index in [1.54, 1.807) is 0 Å². The molecule has 0 aromatic rings. The Morgan fingerprint density at radius 2 is 2.14 bits per heavy atom. The zero-order chi connectivity index (χ0) is 10.2. The van der Waals surface area contributed by atoms with Gasteiger partial charge in [-0.15, -0.1) is 0 Å². The molecule has 0 aromatic carbocycles. The highest BCUT2D eigenvalue weighted by Gasteiger charge is 2.44. The predicted molar refractivity (Wildman–Crippen MR) is 56.4 cm³/mol. The molecule has 0 saturated heterocycles. The van der Waals surface area contributed by atoms with Crippen LogP contribution in [0.25, 0.3) is 0 Å². The molecule has 2 aliphatic rings. The number of hydrogen-bond donors (Lipinski definition) is 1. The Morgan fingerprint density at radius 1 is 1.36 bits per heavy atom. The molecule has 4 heteroatoms. The molecule has 2 aliphatic carbocycles. The van der Waals surface area contributed by atoms with Gasteiger partial charge in [-0.3, -0.25) is 0 Å². The lowest BCUT2D eigenvalue weighted by Crippen LogP contribution is -2.40. The third-order valence-corrected chi connectivity index (χ3v) is 5.32. The Morgan fingerprint density at radius 3 is 2.79 bits per heavy atom. The molecule has 1 N–H and O–H groups in total. The fourth-order valence-corrected chi connectivity index (χ4v) is 4.60. The minimum absolute atomic E-state index is 0.363. The van der Waals surface area contributed by atoms with Crippen LogP contribution < -0.4 is 4.72 Å². The Labute approximate surface area is 86.3 Å². The minimum Gasteiger partial charge on any atom is -0.216 e. The van der Waals surface area contributed by atoms with Crippen LogP contribution in [0.4, 0.5) is 0 Å². The van der Waals surface area contributed by atoms with E-state index >= 15 is 0 Å². The van der Waals surface area contributed by atoms with E-state index in [9.17, 15) is 8.42 Å². The van der Waals surface area contributed by atoms with Crippen LogP contribution in [-0.4, -0.2) is 20.7 Å². The maximum atomic E-state index is 11.5. The van der Waals surface area contributed by atoms with Crippen LogP contribution in [0.15, 0.2) is 0 Å². The van der Waals surface area contributed by atoms with Gasteiger partial charge in [-0.05, 0) is 30.6 Å². The second kappa shape index (κ2) is 3.81. The average Bonchev–Trinajstić information content (AvgIpc) is 2.43. The Balaban J connectivity index is 1.87. The van der Waals surface area contributed by atoms with Crippen molar-refractivity contribution in [1.29, 1.82) is 0 Å². The van der Waals surface area contributed by atoms with Gasteiger partial charge in [0, 0.05) is 6.54 Å². The van der Waals surface area contributed by atoms with E-state index in [1.165, 1.54) is 19.3 Å². The summed E-state index contributed by atoms with van der Waals surface area (Å²) in [6, 6.07) is 0. The lowest BCUT2D eigenvalue weighted by molar-refractivity contribution is 0.122. The smallest absolute Gasteiger partial charge is 0.211 e. The van der Waals surface area contributed by atoms with Crippen molar-refractivity contribution in [3.05, 3.63) is 0 Å². The first-order valence-corrected chi connectivity index (χ1v) is 7.25. The maximum Gasteiger partial charge on any atom is 0.211 e. The summed E-state index contributed by atoms with van der Waals surface area (Å²) in [6.07, 6.45) is 5.06. The Kier molecular flexibility index (Phi) is 2.84. The molecule has 0 radical (unpaired) electrons. The highest BCUT2D eigenvalue weighted by atomic mass is 32.2. The van der Waals surface area contributed by atoms with Crippen molar-refractivity contribution in [2.45, 2.75) is 32.6 Å². The maximum absolute atomic E-state index is 11.5. The standard InChI is InChI=1S/C10H19NO2S/c1-2-11-14(12,13)7-9-6-8-4-3-5-10(8)9/h8-11H,2-7H2,1H3. The lowest BCUT2D eigenvalue weighted by Gasteiger charge is -2.40. The zero-order valence-corrected chi connectivity index (χ0v) is 9.52. The van der Waals surface area contributed by atoms with Gasteiger partial charge in [0.15, 0.2) is 0 Å². The van der Waals surface area contributed by atoms with Crippen molar-refractivity contribution in [3.63, 3.8) is 0 Å². The van der Waals surface area contributed by atoms with Crippen molar-refractivity contribution in [2.24, 2.45) is 17.8 Å². The number of hydrogen-bond acceptors (Lipinski definition) is 2. The van der Waals surface area contributed by atoms with Gasteiger partial charge in [0.2, 0.25) is 10.0 Å². The van der Waals surface area contributed by atoms with Crippen LogP contribution in [0, 0.1) is 17.8 Å². The Bertz CT molecular complexity index is 299. The molecule has 2 saturated carbocycles. The summed E-state index contributed by atoms with van der Waals surface area (Å²) >= 11 is 0. The van der Waals surface area contributed by atoms with Crippen molar-refractivity contribution in [2.75, 3.05) is 12.3 Å². The van der Waals surface area contributed by atoms with E-state index in [2.05, 4.69) is 4.72 Å². The molecule has 0 amide bonds. The van der Waals surface area contributed by atoms with E-state index in [0.717, 1.165) is 18.3 Å². The van der Waals surface area contributed by atoms with Gasteiger partial charge < -0.3 is 0 Å². The summed E-state index contributed by atoms with van der Waals surface area (Å²) in [4.78, 5) is 0. The number of nitrogens with one attached hydrogen (secondary N) is 1. The topological polar surface area (TPSA) is 46.2 Å². The van der Waals surface area contributed by atoms with E-state index < -0.39 is 10.0 Å². The van der Waals surface area contributed by atoms with Crippen molar-refractivity contribution < 1.29 is 8.42 Å². The molecule has 0 bridgehead atoms. The fourth-order valence-electron chi connectivity index (χ4n) is 3.10. The third kappa shape index (κ3) is 1.96. The SMILES string of the molecule is CCNS(=O)(=O)CC1CC2CCCC21. The molecule has 3 nitrogen and oxygen atoms in total. The van der Waals surface area contributed by atoms with Gasteiger partial charge in [-0.1, -0.05) is 19.8 Å². The van der Waals surface area contributed by atoms with Crippen LogP contribution >= 0.6 is 0 Å². The van der Waals surface area contributed by atoms with Crippen molar-refractivity contribution >= 4 is 10.0 Å². The number of fused-ring (bicyclic) bond motifs is 1. The molecule has 3 atom stereocenters. The predicted octanol–water partition coefficient (Wildman–Crippen LogP) is 1.36. The zero-order valence-electron chi connectivity index (χ0n) is 8.70. The first kappa shape index (κ1) is 10.4. The van der Waals surface area contributed by atoms with Crippen molar-refractivity contribution in [1.82, 2.24) is 4.72 Å². The molecule has 14 heavy (non-hydrogen) atoms. The van der Waals surface area contributed by atoms with Crippen LogP contribution in [0.5, 0.6) is 0 Å². The lowest BCUT2D eigenvalue weighted by atomic mass is 9.68. The number of rotatable bonds is 4. The van der Waals surface area contributed by atoms with Gasteiger partial charge in [-0.2, -0.15) is 0 Å². The average molecular weight is 217 g/mol. The molecule has 2 fully saturated rings. The molecular formula is C10H19NO2S. The molecule has 0 spiro atoms. The van der Waals surface area contributed by atoms with E-state index in [1.807, 2.05) is 6.92 Å². The second-order valence-electron chi connectivity index (χ2n) is 4.63. The normalized spacial score (nSPS) is 36.5. The van der Waals surface area contributed by atoms with Gasteiger partial charge in [-0.25, -0.2) is 13.1 Å². The van der Waals surface area contributed by atoms with Crippen molar-refractivity contribution in [3.8, 4) is 0 Å². The van der Waals surface area contributed by atoms with Crippen LogP contribution in [0.3, 0.4) is 0 Å². The summed E-state index contributed by atoms with van der Waals surface area (Å²) in [5, 5.41) is 0. The molecular weight excluding hydrogens is 198 g/mol. The summed E-state index contributed by atoms with van der Waals surface area (Å²) in [5.41, 5.74) is 0. The molecule has 0 aliphatic heterocycles. The van der Waals surface area contributed by atoms with E-state index in [-0.39, 0.29) is 0 Å². The molecule has 0 heterocycles. The fraction of sp³-hybridized carbons (Fsp3) is 1.00. The monoisotopic (exact) mass is 217 g/mol. The van der Waals surface area contributed by atoms with Crippen LogP contribution in [-0.2, 0) is 10.0 Å².